The van der Waals surface area contributed by atoms with Gasteiger partial charge in [-0.2, -0.15) is 0 Å². The fourth-order valence-electron chi connectivity index (χ4n) is 3.74. The van der Waals surface area contributed by atoms with Crippen molar-refractivity contribution >= 4 is 39.9 Å². The number of aromatic amines is 1. The molecule has 4 rings (SSSR count). The van der Waals surface area contributed by atoms with Gasteiger partial charge in [0.05, 0.1) is 12.1 Å². The van der Waals surface area contributed by atoms with Crippen molar-refractivity contribution in [2.75, 3.05) is 26.8 Å². The highest BCUT2D eigenvalue weighted by Crippen LogP contribution is 2.37. The molecule has 0 atom stereocenters. The fourth-order valence-corrected chi connectivity index (χ4v) is 4.01. The number of ether oxygens (including phenoxy) is 2. The van der Waals surface area contributed by atoms with Crippen LogP contribution in [0.4, 0.5) is 0 Å². The van der Waals surface area contributed by atoms with E-state index in [4.69, 9.17) is 26.8 Å². The Hall–Kier alpha value is -3.45. The van der Waals surface area contributed by atoms with Crippen molar-refractivity contribution in [3.05, 3.63) is 64.8 Å². The molecule has 2 amide bonds. The zero-order chi connectivity index (χ0) is 22.0. The highest BCUT2D eigenvalue weighted by molar-refractivity contribution is 6.32. The number of para-hydroxylation sites is 1. The third-order valence-electron chi connectivity index (χ3n) is 5.27. The SMILES string of the molecule is COc1cc(C(=O)N2CC=C(c3c[nH]c4ccccc34)CC2)cc(Cl)c1OCC(N)=O. The minimum absolute atomic E-state index is 0.157. The summed E-state index contributed by atoms with van der Waals surface area (Å²) in [7, 11) is 1.44. The Morgan fingerprint density at radius 2 is 2.06 bits per heavy atom. The van der Waals surface area contributed by atoms with Crippen molar-refractivity contribution in [3.8, 4) is 11.5 Å². The molecule has 8 heteroatoms. The molecule has 0 saturated carbocycles. The lowest BCUT2D eigenvalue weighted by Gasteiger charge is -2.27. The summed E-state index contributed by atoms with van der Waals surface area (Å²) in [6.07, 6.45) is 4.85. The van der Waals surface area contributed by atoms with E-state index in [1.54, 1.807) is 11.0 Å². The van der Waals surface area contributed by atoms with Gasteiger partial charge in [0.2, 0.25) is 0 Å². The number of carbonyl (C=O) groups excluding carboxylic acids is 2. The molecule has 160 valence electrons. The van der Waals surface area contributed by atoms with E-state index in [0.717, 1.165) is 11.9 Å². The first-order valence-electron chi connectivity index (χ1n) is 9.81. The van der Waals surface area contributed by atoms with E-state index in [2.05, 4.69) is 17.1 Å². The van der Waals surface area contributed by atoms with Crippen LogP contribution in [-0.2, 0) is 4.79 Å². The van der Waals surface area contributed by atoms with E-state index < -0.39 is 5.91 Å². The number of aromatic nitrogens is 1. The molecular weight excluding hydrogens is 418 g/mol. The highest BCUT2D eigenvalue weighted by Gasteiger charge is 2.23. The number of nitrogens with zero attached hydrogens (tertiary/aromatic N) is 1. The lowest BCUT2D eigenvalue weighted by molar-refractivity contribution is -0.119. The molecule has 1 aliphatic rings. The molecule has 1 aromatic heterocycles. The number of fused-ring (bicyclic) bond motifs is 1. The molecule has 3 N–H and O–H groups in total. The Labute approximate surface area is 184 Å². The zero-order valence-corrected chi connectivity index (χ0v) is 17.7. The number of halogens is 1. The predicted molar refractivity (Wildman–Crippen MR) is 119 cm³/mol. The van der Waals surface area contributed by atoms with Gasteiger partial charge in [0.25, 0.3) is 11.8 Å². The van der Waals surface area contributed by atoms with Crippen LogP contribution in [-0.4, -0.2) is 48.5 Å². The Morgan fingerprint density at radius 3 is 2.77 bits per heavy atom. The summed E-state index contributed by atoms with van der Waals surface area (Å²) in [5, 5.41) is 1.35. The molecule has 0 unspecified atom stereocenters. The second-order valence-corrected chi connectivity index (χ2v) is 7.63. The molecule has 0 bridgehead atoms. The second-order valence-electron chi connectivity index (χ2n) is 7.22. The summed E-state index contributed by atoms with van der Waals surface area (Å²) >= 11 is 6.28. The average Bonchev–Trinajstić information content (AvgIpc) is 3.21. The minimum Gasteiger partial charge on any atom is -0.493 e. The maximum Gasteiger partial charge on any atom is 0.255 e. The quantitative estimate of drug-likeness (QED) is 0.612. The smallest absolute Gasteiger partial charge is 0.255 e. The molecule has 0 spiro atoms. The molecule has 2 aromatic carbocycles. The summed E-state index contributed by atoms with van der Waals surface area (Å²) in [4.78, 5) is 29.1. The van der Waals surface area contributed by atoms with Crippen LogP contribution >= 0.6 is 11.6 Å². The van der Waals surface area contributed by atoms with Gasteiger partial charge in [-0.25, -0.2) is 0 Å². The first kappa shape index (κ1) is 20.8. The highest BCUT2D eigenvalue weighted by atomic mass is 35.5. The number of rotatable bonds is 6. The van der Waals surface area contributed by atoms with Crippen LogP contribution in [0.25, 0.3) is 16.5 Å². The Bertz CT molecular complexity index is 1180. The van der Waals surface area contributed by atoms with Gasteiger partial charge in [-0.1, -0.05) is 35.9 Å². The van der Waals surface area contributed by atoms with Gasteiger partial charge in [-0.3, -0.25) is 9.59 Å². The standard InChI is InChI=1S/C23H22ClN3O4/c1-30-20-11-15(10-18(24)22(20)31-13-21(25)28)23(29)27-8-6-14(7-9-27)17-12-26-19-5-3-2-4-16(17)19/h2-6,10-12,26H,7-9,13H2,1H3,(H2,25,28). The largest absolute Gasteiger partial charge is 0.493 e. The number of nitrogens with two attached hydrogens (primary N) is 1. The maximum absolute atomic E-state index is 13.1. The second kappa shape index (κ2) is 8.73. The molecule has 3 aromatic rings. The lowest BCUT2D eigenvalue weighted by atomic mass is 9.98. The van der Waals surface area contributed by atoms with Crippen molar-refractivity contribution < 1.29 is 19.1 Å². The van der Waals surface area contributed by atoms with Crippen LogP contribution in [0.3, 0.4) is 0 Å². The van der Waals surface area contributed by atoms with Gasteiger partial charge in [0.15, 0.2) is 18.1 Å². The molecule has 0 fully saturated rings. The van der Waals surface area contributed by atoms with Crippen LogP contribution in [0, 0.1) is 0 Å². The predicted octanol–water partition coefficient (Wildman–Crippen LogP) is 3.62. The lowest BCUT2D eigenvalue weighted by Crippen LogP contribution is -2.34. The summed E-state index contributed by atoms with van der Waals surface area (Å²) in [6, 6.07) is 11.2. The molecule has 0 aliphatic carbocycles. The van der Waals surface area contributed by atoms with Gasteiger partial charge in [0.1, 0.15) is 0 Å². The van der Waals surface area contributed by atoms with Gasteiger partial charge >= 0.3 is 0 Å². The molecule has 31 heavy (non-hydrogen) atoms. The maximum atomic E-state index is 13.1. The van der Waals surface area contributed by atoms with Crippen molar-refractivity contribution in [3.63, 3.8) is 0 Å². The summed E-state index contributed by atoms with van der Waals surface area (Å²) in [5.74, 6) is -0.343. The van der Waals surface area contributed by atoms with Crippen LogP contribution in [0.2, 0.25) is 5.02 Å². The number of benzene rings is 2. The summed E-state index contributed by atoms with van der Waals surface area (Å²) < 4.78 is 10.6. The van der Waals surface area contributed by atoms with Crippen LogP contribution in [0.15, 0.2) is 48.7 Å². The van der Waals surface area contributed by atoms with Crippen molar-refractivity contribution in [1.29, 1.82) is 0 Å². The number of methoxy groups -OCH3 is 1. The van der Waals surface area contributed by atoms with Crippen molar-refractivity contribution in [2.45, 2.75) is 6.42 Å². The van der Waals surface area contributed by atoms with Crippen LogP contribution < -0.4 is 15.2 Å². The van der Waals surface area contributed by atoms with Gasteiger partial charge in [-0.15, -0.1) is 0 Å². The Balaban J connectivity index is 1.53. The zero-order valence-electron chi connectivity index (χ0n) is 17.0. The summed E-state index contributed by atoms with van der Waals surface area (Å²) in [6.45, 7) is 0.745. The van der Waals surface area contributed by atoms with Gasteiger partial charge in [-0.05, 0) is 30.2 Å². The van der Waals surface area contributed by atoms with E-state index in [-0.39, 0.29) is 29.0 Å². The molecule has 0 radical (unpaired) electrons. The Kier molecular flexibility index (Phi) is 5.86. The van der Waals surface area contributed by atoms with Gasteiger partial charge < -0.3 is 25.1 Å². The van der Waals surface area contributed by atoms with Gasteiger partial charge in [0, 0.05) is 41.3 Å². The topological polar surface area (TPSA) is 97.7 Å². The number of hydrogen-bond acceptors (Lipinski definition) is 4. The average molecular weight is 440 g/mol. The molecule has 7 nitrogen and oxygen atoms in total. The van der Waals surface area contributed by atoms with Crippen LogP contribution in [0.5, 0.6) is 11.5 Å². The van der Waals surface area contributed by atoms with Crippen LogP contribution in [0.1, 0.15) is 22.3 Å². The molecular formula is C23H22ClN3O4. The van der Waals surface area contributed by atoms with E-state index in [0.29, 0.717) is 18.7 Å². The monoisotopic (exact) mass is 439 g/mol. The first-order valence-corrected chi connectivity index (χ1v) is 10.2. The number of nitrogens with one attached hydrogen (secondary N) is 1. The number of hydrogen-bond donors (Lipinski definition) is 2. The van der Waals surface area contributed by atoms with E-state index in [9.17, 15) is 9.59 Å². The number of H-pyrrole nitrogens is 1. The minimum atomic E-state index is -0.635. The third kappa shape index (κ3) is 4.22. The molecule has 1 aliphatic heterocycles. The fraction of sp³-hybridized carbons (Fsp3) is 0.217. The molecule has 0 saturated heterocycles. The van der Waals surface area contributed by atoms with E-state index >= 15 is 0 Å². The van der Waals surface area contributed by atoms with E-state index in [1.165, 1.54) is 29.7 Å². The Morgan fingerprint density at radius 1 is 1.26 bits per heavy atom. The van der Waals surface area contributed by atoms with Crippen molar-refractivity contribution in [2.24, 2.45) is 5.73 Å². The number of amides is 2. The number of carbonyl (C=O) groups is 2. The normalized spacial score (nSPS) is 13.7. The molecule has 2 heterocycles. The summed E-state index contributed by atoms with van der Waals surface area (Å²) in [5.41, 5.74) is 8.98. The van der Waals surface area contributed by atoms with Crippen molar-refractivity contribution in [1.82, 2.24) is 9.88 Å². The third-order valence-corrected chi connectivity index (χ3v) is 5.55. The first-order chi connectivity index (χ1) is 15.0. The van der Waals surface area contributed by atoms with E-state index in [1.807, 2.05) is 24.4 Å². The number of primary amides is 1.